The molecule has 1 amide bonds. The number of ether oxygens (including phenoxy) is 1. The minimum Gasteiger partial charge on any atom is -0.494 e. The zero-order valence-corrected chi connectivity index (χ0v) is 21.7. The predicted molar refractivity (Wildman–Crippen MR) is 140 cm³/mol. The Kier molecular flexibility index (Phi) is 9.19. The van der Waals surface area contributed by atoms with Crippen LogP contribution in [-0.4, -0.2) is 75.2 Å². The van der Waals surface area contributed by atoms with Crippen LogP contribution in [0.15, 0.2) is 31.0 Å². The van der Waals surface area contributed by atoms with Crippen LogP contribution >= 0.6 is 0 Å². The van der Waals surface area contributed by atoms with Crippen molar-refractivity contribution in [1.29, 1.82) is 0 Å². The van der Waals surface area contributed by atoms with E-state index in [4.69, 9.17) is 4.74 Å². The minimum absolute atomic E-state index is 0.0124. The van der Waals surface area contributed by atoms with E-state index in [9.17, 15) is 18.0 Å². The Morgan fingerprint density at radius 3 is 2.46 bits per heavy atom. The van der Waals surface area contributed by atoms with Gasteiger partial charge in [0.15, 0.2) is 0 Å². The third-order valence-electron chi connectivity index (χ3n) is 6.03. The number of nitrogens with zero attached hydrogens (tertiary/aromatic N) is 5. The van der Waals surface area contributed by atoms with Crippen molar-refractivity contribution in [3.05, 3.63) is 36.5 Å². The lowest BCUT2D eigenvalue weighted by Crippen LogP contribution is -2.32. The molecular formula is C25H34F3N7O2. The zero-order valence-electron chi connectivity index (χ0n) is 21.7. The van der Waals surface area contributed by atoms with Crippen molar-refractivity contribution in [2.75, 3.05) is 74.9 Å². The van der Waals surface area contributed by atoms with Gasteiger partial charge in [-0.1, -0.05) is 6.58 Å². The van der Waals surface area contributed by atoms with Gasteiger partial charge in [0.05, 0.1) is 24.2 Å². The summed E-state index contributed by atoms with van der Waals surface area (Å²) in [5.74, 6) is -0.159. The molecule has 0 bridgehead atoms. The van der Waals surface area contributed by atoms with Gasteiger partial charge in [-0.2, -0.15) is 18.2 Å². The molecule has 3 rings (SSSR count). The lowest BCUT2D eigenvalue weighted by atomic mass is 10.1. The molecule has 2 heterocycles. The number of methoxy groups -OCH3 is 1. The van der Waals surface area contributed by atoms with E-state index in [1.807, 2.05) is 30.9 Å². The third-order valence-corrected chi connectivity index (χ3v) is 6.03. The second kappa shape index (κ2) is 12.1. The highest BCUT2D eigenvalue weighted by molar-refractivity contribution is 6.02. The Bertz CT molecular complexity index is 1100. The summed E-state index contributed by atoms with van der Waals surface area (Å²) in [6.07, 6.45) is -0.0514. The molecule has 0 unspecified atom stereocenters. The SMILES string of the molecule is C=CC(=O)Nc1cc(Nc2ncc(C(F)(F)F)c(N3CCCCC3)n2)c(OC)cc1N(C)CCN(C)C. The molecule has 202 valence electrons. The van der Waals surface area contributed by atoms with Gasteiger partial charge in [0.2, 0.25) is 11.9 Å². The van der Waals surface area contributed by atoms with Gasteiger partial charge in [0.1, 0.15) is 17.1 Å². The number of benzene rings is 1. The van der Waals surface area contributed by atoms with Gasteiger partial charge in [-0.15, -0.1) is 0 Å². The summed E-state index contributed by atoms with van der Waals surface area (Å²) in [5, 5.41) is 5.78. The van der Waals surface area contributed by atoms with E-state index in [-0.39, 0.29) is 11.8 Å². The molecular weight excluding hydrogens is 487 g/mol. The van der Waals surface area contributed by atoms with Gasteiger partial charge in [0.25, 0.3) is 0 Å². The first-order chi connectivity index (χ1) is 17.5. The van der Waals surface area contributed by atoms with Crippen LogP contribution in [0.1, 0.15) is 24.8 Å². The van der Waals surface area contributed by atoms with Crippen LogP contribution in [0.4, 0.5) is 42.0 Å². The van der Waals surface area contributed by atoms with Gasteiger partial charge < -0.3 is 30.1 Å². The fourth-order valence-electron chi connectivity index (χ4n) is 4.01. The van der Waals surface area contributed by atoms with Crippen LogP contribution < -0.4 is 25.2 Å². The van der Waals surface area contributed by atoms with Crippen molar-refractivity contribution >= 4 is 34.7 Å². The van der Waals surface area contributed by atoms with Gasteiger partial charge in [-0.05, 0) is 45.5 Å². The summed E-state index contributed by atoms with van der Waals surface area (Å²) in [5.41, 5.74) is 0.680. The Hall–Kier alpha value is -3.54. The van der Waals surface area contributed by atoms with E-state index in [0.29, 0.717) is 42.4 Å². The summed E-state index contributed by atoms with van der Waals surface area (Å²) >= 11 is 0. The molecule has 9 nitrogen and oxygen atoms in total. The molecule has 1 fully saturated rings. The van der Waals surface area contributed by atoms with E-state index in [0.717, 1.165) is 38.1 Å². The average molecular weight is 522 g/mol. The number of anilines is 5. The molecule has 1 aromatic carbocycles. The average Bonchev–Trinajstić information content (AvgIpc) is 2.87. The molecule has 2 N–H and O–H groups in total. The van der Waals surface area contributed by atoms with Crippen molar-refractivity contribution < 1.29 is 22.7 Å². The standard InChI is InChI=1S/C25H34F3N7O2/c1-6-22(36)30-18-14-19(21(37-5)15-20(18)34(4)13-12-33(2)3)31-24-29-16-17(25(26,27)28)23(32-24)35-10-8-7-9-11-35/h6,14-16H,1,7-13H2,2-5H3,(H,30,36)(H,29,31,32). The number of carbonyl (C=O) groups is 1. The van der Waals surface area contributed by atoms with Crippen LogP contribution in [-0.2, 0) is 11.0 Å². The fourth-order valence-corrected chi connectivity index (χ4v) is 4.01. The molecule has 1 saturated heterocycles. The summed E-state index contributed by atoms with van der Waals surface area (Å²) in [6, 6.07) is 3.38. The molecule has 1 aliphatic heterocycles. The van der Waals surface area contributed by atoms with E-state index < -0.39 is 17.6 Å². The quantitative estimate of drug-likeness (QED) is 0.446. The normalized spacial score (nSPS) is 13.9. The Morgan fingerprint density at radius 1 is 1.16 bits per heavy atom. The molecule has 0 atom stereocenters. The first-order valence-corrected chi connectivity index (χ1v) is 12.0. The molecule has 1 aromatic heterocycles. The smallest absolute Gasteiger partial charge is 0.421 e. The number of hydrogen-bond acceptors (Lipinski definition) is 8. The number of nitrogens with one attached hydrogen (secondary N) is 2. The summed E-state index contributed by atoms with van der Waals surface area (Å²) < 4.78 is 46.7. The monoisotopic (exact) mass is 521 g/mol. The van der Waals surface area contributed by atoms with E-state index in [1.54, 1.807) is 17.0 Å². The van der Waals surface area contributed by atoms with Crippen molar-refractivity contribution in [2.24, 2.45) is 0 Å². The molecule has 0 saturated carbocycles. The van der Waals surface area contributed by atoms with Crippen molar-refractivity contribution in [1.82, 2.24) is 14.9 Å². The lowest BCUT2D eigenvalue weighted by Gasteiger charge is -2.30. The largest absolute Gasteiger partial charge is 0.494 e. The highest BCUT2D eigenvalue weighted by atomic mass is 19.4. The minimum atomic E-state index is -4.58. The van der Waals surface area contributed by atoms with Gasteiger partial charge >= 0.3 is 6.18 Å². The molecule has 2 aromatic rings. The Morgan fingerprint density at radius 2 is 1.86 bits per heavy atom. The molecule has 1 aliphatic rings. The Labute approximate surface area is 215 Å². The maximum atomic E-state index is 13.7. The molecule has 12 heteroatoms. The van der Waals surface area contributed by atoms with E-state index >= 15 is 0 Å². The van der Waals surface area contributed by atoms with E-state index in [2.05, 4.69) is 27.2 Å². The zero-order chi connectivity index (χ0) is 27.2. The number of hydrogen-bond donors (Lipinski definition) is 2. The van der Waals surface area contributed by atoms with Crippen LogP contribution in [0.25, 0.3) is 0 Å². The van der Waals surface area contributed by atoms with Gasteiger partial charge in [-0.3, -0.25) is 4.79 Å². The number of rotatable bonds is 10. The summed E-state index contributed by atoms with van der Waals surface area (Å²) in [6.45, 7) is 5.93. The topological polar surface area (TPSA) is 85.9 Å². The lowest BCUT2D eigenvalue weighted by molar-refractivity contribution is -0.137. The molecule has 0 radical (unpaired) electrons. The number of likely N-dealkylation sites (N-methyl/N-ethyl adjacent to an activating group) is 2. The molecule has 0 aliphatic carbocycles. The second-order valence-electron chi connectivity index (χ2n) is 9.09. The first-order valence-electron chi connectivity index (χ1n) is 12.0. The van der Waals surface area contributed by atoms with Gasteiger partial charge in [0, 0.05) is 45.5 Å². The Balaban J connectivity index is 2.01. The van der Waals surface area contributed by atoms with Crippen LogP contribution in [0.5, 0.6) is 5.75 Å². The van der Waals surface area contributed by atoms with Crippen molar-refractivity contribution in [3.8, 4) is 5.75 Å². The first kappa shape index (κ1) is 28.0. The van der Waals surface area contributed by atoms with Crippen molar-refractivity contribution in [2.45, 2.75) is 25.4 Å². The van der Waals surface area contributed by atoms with Crippen LogP contribution in [0, 0.1) is 0 Å². The summed E-state index contributed by atoms with van der Waals surface area (Å²) in [7, 11) is 7.30. The highest BCUT2D eigenvalue weighted by Crippen LogP contribution is 2.40. The number of piperidine rings is 1. The third kappa shape index (κ3) is 7.25. The summed E-state index contributed by atoms with van der Waals surface area (Å²) in [4.78, 5) is 26.0. The van der Waals surface area contributed by atoms with E-state index in [1.165, 1.54) is 7.11 Å². The van der Waals surface area contributed by atoms with Gasteiger partial charge in [-0.25, -0.2) is 4.98 Å². The maximum Gasteiger partial charge on any atom is 0.421 e. The number of halogens is 3. The van der Waals surface area contributed by atoms with Crippen LogP contribution in [0.3, 0.4) is 0 Å². The fraction of sp³-hybridized carbons (Fsp3) is 0.480. The maximum absolute atomic E-state index is 13.7. The number of aromatic nitrogens is 2. The number of amides is 1. The molecule has 37 heavy (non-hydrogen) atoms. The van der Waals surface area contributed by atoms with Crippen LogP contribution in [0.2, 0.25) is 0 Å². The van der Waals surface area contributed by atoms with Crippen molar-refractivity contribution in [3.63, 3.8) is 0 Å². The predicted octanol–water partition coefficient (Wildman–Crippen LogP) is 4.36. The number of carbonyl (C=O) groups excluding carboxylic acids is 1. The highest BCUT2D eigenvalue weighted by Gasteiger charge is 2.37. The number of alkyl halides is 3. The second-order valence-corrected chi connectivity index (χ2v) is 9.09. The molecule has 0 spiro atoms.